The SMILES string of the molecule is c1ccc(-c2nc(-c3ccccc3)nc(-n3c4ccc(-c5ccc6oc7ccccc7c6c5)cc4c4c5ccccc5ccc43)n2)cc1. The second-order valence-corrected chi connectivity index (χ2v) is 12.1. The molecule has 0 aliphatic heterocycles. The average molecular weight is 615 g/mol. The Kier molecular flexibility index (Phi) is 5.81. The van der Waals surface area contributed by atoms with Crippen LogP contribution >= 0.6 is 0 Å². The summed E-state index contributed by atoms with van der Waals surface area (Å²) in [7, 11) is 0. The molecule has 0 N–H and O–H groups in total. The van der Waals surface area contributed by atoms with Gasteiger partial charge in [-0.3, -0.25) is 4.57 Å². The molecule has 48 heavy (non-hydrogen) atoms. The summed E-state index contributed by atoms with van der Waals surface area (Å²) in [4.78, 5) is 15.2. The Balaban J connectivity index is 1.26. The van der Waals surface area contributed by atoms with E-state index in [4.69, 9.17) is 19.4 Å². The van der Waals surface area contributed by atoms with Crippen molar-refractivity contribution in [2.24, 2.45) is 0 Å². The highest BCUT2D eigenvalue weighted by molar-refractivity contribution is 6.22. The number of hydrogen-bond acceptors (Lipinski definition) is 4. The van der Waals surface area contributed by atoms with Gasteiger partial charge in [-0.25, -0.2) is 4.98 Å². The number of nitrogens with zero attached hydrogens (tertiary/aromatic N) is 4. The summed E-state index contributed by atoms with van der Waals surface area (Å²) < 4.78 is 8.32. The summed E-state index contributed by atoms with van der Waals surface area (Å²) >= 11 is 0. The van der Waals surface area contributed by atoms with Crippen molar-refractivity contribution in [3.63, 3.8) is 0 Å². The van der Waals surface area contributed by atoms with Gasteiger partial charge in [0.1, 0.15) is 11.2 Å². The zero-order chi connectivity index (χ0) is 31.6. The van der Waals surface area contributed by atoms with Gasteiger partial charge >= 0.3 is 0 Å². The van der Waals surface area contributed by atoms with E-state index in [9.17, 15) is 0 Å². The van der Waals surface area contributed by atoms with Gasteiger partial charge in [0.2, 0.25) is 5.95 Å². The molecule has 0 aliphatic rings. The molecule has 0 spiro atoms. The van der Waals surface area contributed by atoms with Crippen molar-refractivity contribution < 1.29 is 4.42 Å². The maximum Gasteiger partial charge on any atom is 0.238 e. The van der Waals surface area contributed by atoms with E-state index in [0.717, 1.165) is 60.6 Å². The standard InChI is InChI=1S/C43H26N4O/c1-3-12-28(13-4-1)41-44-42(29-14-5-2-6-15-29)46-43(45-41)47-36-22-20-30(26-35(36)40-32-16-8-7-11-27(32)19-23-37(40)47)31-21-24-39-34(25-31)33-17-9-10-18-38(33)48-39/h1-26H. The maximum absolute atomic E-state index is 6.13. The number of furan rings is 1. The van der Waals surface area contributed by atoms with Crippen LogP contribution in [0.1, 0.15) is 0 Å². The second-order valence-electron chi connectivity index (χ2n) is 12.1. The molecular weight excluding hydrogens is 589 g/mol. The zero-order valence-corrected chi connectivity index (χ0v) is 25.7. The van der Waals surface area contributed by atoms with Crippen LogP contribution in [-0.2, 0) is 0 Å². The topological polar surface area (TPSA) is 56.7 Å². The molecule has 10 rings (SSSR count). The Labute approximate surface area is 275 Å². The maximum atomic E-state index is 6.13. The molecule has 0 fully saturated rings. The lowest BCUT2D eigenvalue weighted by Crippen LogP contribution is -2.06. The van der Waals surface area contributed by atoms with Gasteiger partial charge in [-0.15, -0.1) is 0 Å². The number of para-hydroxylation sites is 1. The van der Waals surface area contributed by atoms with E-state index >= 15 is 0 Å². The molecule has 0 atom stereocenters. The van der Waals surface area contributed by atoms with Crippen LogP contribution in [0, 0.1) is 0 Å². The molecule has 0 amide bonds. The summed E-state index contributed by atoms with van der Waals surface area (Å²) in [6.45, 7) is 0. The molecule has 0 radical (unpaired) electrons. The molecule has 0 saturated carbocycles. The molecule has 7 aromatic carbocycles. The molecule has 10 aromatic rings. The van der Waals surface area contributed by atoms with E-state index in [2.05, 4.69) is 89.5 Å². The van der Waals surface area contributed by atoms with Gasteiger partial charge in [-0.05, 0) is 58.3 Å². The fraction of sp³-hybridized carbons (Fsp3) is 0. The fourth-order valence-corrected chi connectivity index (χ4v) is 6.99. The Morgan fingerprint density at radius 3 is 1.73 bits per heavy atom. The molecule has 3 aromatic heterocycles. The predicted molar refractivity (Wildman–Crippen MR) is 195 cm³/mol. The zero-order valence-electron chi connectivity index (χ0n) is 25.7. The van der Waals surface area contributed by atoms with Crippen molar-refractivity contribution in [1.82, 2.24) is 19.5 Å². The summed E-state index contributed by atoms with van der Waals surface area (Å²) in [6, 6.07) is 54.6. The third-order valence-corrected chi connectivity index (χ3v) is 9.25. The Morgan fingerprint density at radius 2 is 0.979 bits per heavy atom. The normalized spacial score (nSPS) is 11.8. The first kappa shape index (κ1) is 26.6. The highest BCUT2D eigenvalue weighted by atomic mass is 16.3. The molecular formula is C43H26N4O. The first-order chi connectivity index (χ1) is 23.8. The Bertz CT molecular complexity index is 2780. The van der Waals surface area contributed by atoms with Crippen LogP contribution in [0.4, 0.5) is 0 Å². The van der Waals surface area contributed by atoms with Gasteiger partial charge in [0.15, 0.2) is 11.6 Å². The van der Waals surface area contributed by atoms with Crippen LogP contribution < -0.4 is 0 Å². The minimum atomic E-state index is 0.581. The van der Waals surface area contributed by atoms with Gasteiger partial charge in [0.05, 0.1) is 11.0 Å². The molecule has 0 aliphatic carbocycles. The lowest BCUT2D eigenvalue weighted by molar-refractivity contribution is 0.669. The molecule has 0 bridgehead atoms. The van der Waals surface area contributed by atoms with E-state index in [1.807, 2.05) is 72.8 Å². The van der Waals surface area contributed by atoms with E-state index in [0.29, 0.717) is 17.6 Å². The Hall–Kier alpha value is -6.59. The summed E-state index contributed by atoms with van der Waals surface area (Å²) in [6.07, 6.45) is 0. The number of fused-ring (bicyclic) bond motifs is 8. The minimum Gasteiger partial charge on any atom is -0.456 e. The highest BCUT2D eigenvalue weighted by Gasteiger charge is 2.20. The van der Waals surface area contributed by atoms with Gasteiger partial charge < -0.3 is 4.42 Å². The van der Waals surface area contributed by atoms with Crippen molar-refractivity contribution in [2.75, 3.05) is 0 Å². The number of hydrogen-bond donors (Lipinski definition) is 0. The summed E-state index contributed by atoms with van der Waals surface area (Å²) in [5.41, 5.74) is 8.01. The van der Waals surface area contributed by atoms with E-state index < -0.39 is 0 Å². The van der Waals surface area contributed by atoms with Crippen LogP contribution in [0.3, 0.4) is 0 Å². The molecule has 3 heterocycles. The first-order valence-electron chi connectivity index (χ1n) is 16.0. The Morgan fingerprint density at radius 1 is 0.396 bits per heavy atom. The van der Waals surface area contributed by atoms with Crippen LogP contribution in [-0.4, -0.2) is 19.5 Å². The van der Waals surface area contributed by atoms with Crippen LogP contribution in [0.15, 0.2) is 162 Å². The van der Waals surface area contributed by atoms with Crippen molar-refractivity contribution in [1.29, 1.82) is 0 Å². The number of rotatable bonds is 4. The van der Waals surface area contributed by atoms with Crippen molar-refractivity contribution in [2.45, 2.75) is 0 Å². The molecule has 0 unspecified atom stereocenters. The highest BCUT2D eigenvalue weighted by Crippen LogP contribution is 2.40. The van der Waals surface area contributed by atoms with Gasteiger partial charge in [-0.2, -0.15) is 9.97 Å². The smallest absolute Gasteiger partial charge is 0.238 e. The van der Waals surface area contributed by atoms with E-state index in [1.54, 1.807) is 0 Å². The molecule has 224 valence electrons. The van der Waals surface area contributed by atoms with E-state index in [-0.39, 0.29) is 0 Å². The largest absolute Gasteiger partial charge is 0.456 e. The first-order valence-corrected chi connectivity index (χ1v) is 16.0. The van der Waals surface area contributed by atoms with Crippen LogP contribution in [0.25, 0.3) is 94.4 Å². The number of aromatic nitrogens is 4. The van der Waals surface area contributed by atoms with Gasteiger partial charge in [-0.1, -0.05) is 121 Å². The summed E-state index contributed by atoms with van der Waals surface area (Å²) in [5, 5.41) is 6.92. The quantitative estimate of drug-likeness (QED) is 0.198. The van der Waals surface area contributed by atoms with Gasteiger partial charge in [0, 0.05) is 32.7 Å². The van der Waals surface area contributed by atoms with Crippen molar-refractivity contribution >= 4 is 54.5 Å². The molecule has 5 heteroatoms. The molecule has 0 saturated heterocycles. The third kappa shape index (κ3) is 4.15. The second kappa shape index (κ2) is 10.5. The predicted octanol–water partition coefficient (Wildman–Crippen LogP) is 11.0. The van der Waals surface area contributed by atoms with Crippen LogP contribution in [0.2, 0.25) is 0 Å². The van der Waals surface area contributed by atoms with Crippen molar-refractivity contribution in [3.8, 4) is 39.9 Å². The average Bonchev–Trinajstić information content (AvgIpc) is 3.70. The lowest BCUT2D eigenvalue weighted by atomic mass is 9.99. The minimum absolute atomic E-state index is 0.581. The summed E-state index contributed by atoms with van der Waals surface area (Å²) in [5.74, 6) is 1.84. The van der Waals surface area contributed by atoms with E-state index in [1.165, 1.54) is 16.2 Å². The van der Waals surface area contributed by atoms with Gasteiger partial charge in [0.25, 0.3) is 0 Å². The lowest BCUT2D eigenvalue weighted by Gasteiger charge is -2.11. The third-order valence-electron chi connectivity index (χ3n) is 9.25. The monoisotopic (exact) mass is 614 g/mol. The number of benzene rings is 7. The van der Waals surface area contributed by atoms with Crippen molar-refractivity contribution in [3.05, 3.63) is 158 Å². The molecule has 5 nitrogen and oxygen atoms in total. The fourth-order valence-electron chi connectivity index (χ4n) is 6.99. The van der Waals surface area contributed by atoms with Crippen LogP contribution in [0.5, 0.6) is 0 Å².